The summed E-state index contributed by atoms with van der Waals surface area (Å²) in [6, 6.07) is 1.38. The van der Waals surface area contributed by atoms with E-state index in [0.717, 1.165) is 0 Å². The molecule has 4 heteroatoms. The van der Waals surface area contributed by atoms with Crippen LogP contribution in [0.5, 0.6) is 0 Å². The molecular formula is C9H6F3N. The third-order valence-corrected chi connectivity index (χ3v) is 2.05. The van der Waals surface area contributed by atoms with Crippen molar-refractivity contribution >= 4 is 10.9 Å². The van der Waals surface area contributed by atoms with Gasteiger partial charge in [-0.05, 0) is 13.0 Å². The third-order valence-electron chi connectivity index (χ3n) is 2.05. The first-order valence-electron chi connectivity index (χ1n) is 3.73. The number of nitrogens with one attached hydrogen (secondary N) is 1. The molecule has 0 fully saturated rings. The fraction of sp³-hybridized carbons (Fsp3) is 0.111. The van der Waals surface area contributed by atoms with Crippen molar-refractivity contribution in [3.05, 3.63) is 35.3 Å². The largest absolute Gasteiger partial charge is 0.359 e. The second-order valence-corrected chi connectivity index (χ2v) is 2.83. The molecule has 0 aliphatic heterocycles. The summed E-state index contributed by atoms with van der Waals surface area (Å²) in [5.41, 5.74) is -0.412. The highest BCUT2D eigenvalue weighted by Gasteiger charge is 2.17. The summed E-state index contributed by atoms with van der Waals surface area (Å²) in [5.74, 6) is -2.87. The van der Waals surface area contributed by atoms with E-state index < -0.39 is 17.5 Å². The summed E-state index contributed by atoms with van der Waals surface area (Å²) < 4.78 is 39.3. The van der Waals surface area contributed by atoms with Crippen LogP contribution in [0, 0.1) is 24.4 Å². The lowest BCUT2D eigenvalue weighted by atomic mass is 10.1. The molecule has 2 rings (SSSR count). The first kappa shape index (κ1) is 8.16. The van der Waals surface area contributed by atoms with Gasteiger partial charge < -0.3 is 4.98 Å². The van der Waals surface area contributed by atoms with Crippen molar-refractivity contribution in [2.45, 2.75) is 6.92 Å². The second-order valence-electron chi connectivity index (χ2n) is 2.83. The molecule has 1 N–H and O–H groups in total. The van der Waals surface area contributed by atoms with Gasteiger partial charge >= 0.3 is 0 Å². The molecule has 2 aromatic rings. The van der Waals surface area contributed by atoms with E-state index in [1.807, 2.05) is 0 Å². The van der Waals surface area contributed by atoms with Crippen molar-refractivity contribution in [2.75, 3.05) is 0 Å². The van der Waals surface area contributed by atoms with Gasteiger partial charge in [0.05, 0.1) is 5.52 Å². The van der Waals surface area contributed by atoms with E-state index in [2.05, 4.69) is 4.98 Å². The van der Waals surface area contributed by atoms with Crippen LogP contribution >= 0.6 is 0 Å². The number of benzene rings is 1. The van der Waals surface area contributed by atoms with Gasteiger partial charge in [0.2, 0.25) is 0 Å². The zero-order chi connectivity index (χ0) is 9.59. The number of hydrogen-bond donors (Lipinski definition) is 1. The number of halogens is 3. The molecule has 0 saturated carbocycles. The lowest BCUT2D eigenvalue weighted by Gasteiger charge is -2.01. The first-order chi connectivity index (χ1) is 6.13. The van der Waals surface area contributed by atoms with Crippen LogP contribution in [0.25, 0.3) is 10.9 Å². The Hall–Kier alpha value is -1.45. The topological polar surface area (TPSA) is 15.8 Å². The molecule has 1 nitrogen and oxygen atoms in total. The minimum Gasteiger partial charge on any atom is -0.359 e. The number of rotatable bonds is 0. The van der Waals surface area contributed by atoms with E-state index in [9.17, 15) is 13.2 Å². The third kappa shape index (κ3) is 0.946. The van der Waals surface area contributed by atoms with Crippen LogP contribution in [0.15, 0.2) is 12.3 Å². The predicted octanol–water partition coefficient (Wildman–Crippen LogP) is 2.89. The van der Waals surface area contributed by atoms with Crippen molar-refractivity contribution in [2.24, 2.45) is 0 Å². The molecule has 0 unspecified atom stereocenters. The Balaban J connectivity index is 3.02. The molecule has 0 atom stereocenters. The van der Waals surface area contributed by atoms with Crippen molar-refractivity contribution in [3.63, 3.8) is 0 Å². The highest BCUT2D eigenvalue weighted by molar-refractivity contribution is 5.81. The Labute approximate surface area is 72.2 Å². The van der Waals surface area contributed by atoms with Crippen LogP contribution in [0.3, 0.4) is 0 Å². The lowest BCUT2D eigenvalue weighted by Crippen LogP contribution is -1.95. The quantitative estimate of drug-likeness (QED) is 0.607. The lowest BCUT2D eigenvalue weighted by molar-refractivity contribution is 0.496. The van der Waals surface area contributed by atoms with E-state index in [1.54, 1.807) is 0 Å². The average Bonchev–Trinajstić information content (AvgIpc) is 2.59. The molecule has 68 valence electrons. The van der Waals surface area contributed by atoms with E-state index in [-0.39, 0.29) is 16.5 Å². The maximum absolute atomic E-state index is 13.2. The summed E-state index contributed by atoms with van der Waals surface area (Å²) in [5, 5.41) is 0.0800. The number of aromatic nitrogens is 1. The van der Waals surface area contributed by atoms with Gasteiger partial charge in [-0.15, -0.1) is 0 Å². The van der Waals surface area contributed by atoms with Gasteiger partial charge in [0.1, 0.15) is 5.82 Å². The molecule has 0 aliphatic carbocycles. The van der Waals surface area contributed by atoms with Gasteiger partial charge in [-0.3, -0.25) is 0 Å². The summed E-state index contributed by atoms with van der Waals surface area (Å²) in [6.45, 7) is 1.21. The van der Waals surface area contributed by atoms with E-state index in [1.165, 1.54) is 19.2 Å². The van der Waals surface area contributed by atoms with E-state index in [0.29, 0.717) is 0 Å². The monoisotopic (exact) mass is 185 g/mol. The molecule has 1 aromatic carbocycles. The van der Waals surface area contributed by atoms with Gasteiger partial charge in [0.25, 0.3) is 0 Å². The Bertz CT molecular complexity index is 431. The first-order valence-corrected chi connectivity index (χ1v) is 3.73. The van der Waals surface area contributed by atoms with Crippen LogP contribution in [-0.2, 0) is 0 Å². The predicted molar refractivity (Wildman–Crippen MR) is 42.9 cm³/mol. The fourth-order valence-electron chi connectivity index (χ4n) is 1.31. The molecule has 0 bridgehead atoms. The maximum Gasteiger partial charge on any atom is 0.183 e. The van der Waals surface area contributed by atoms with Crippen LogP contribution in [0.1, 0.15) is 5.56 Å². The molecule has 0 saturated heterocycles. The Morgan fingerprint density at radius 3 is 2.46 bits per heavy atom. The van der Waals surface area contributed by atoms with Gasteiger partial charge in [0, 0.05) is 17.1 Å². The van der Waals surface area contributed by atoms with E-state index >= 15 is 0 Å². The summed E-state index contributed by atoms with van der Waals surface area (Å²) in [4.78, 5) is 2.44. The van der Waals surface area contributed by atoms with Gasteiger partial charge in [-0.1, -0.05) is 0 Å². The maximum atomic E-state index is 13.2. The van der Waals surface area contributed by atoms with Crippen molar-refractivity contribution < 1.29 is 13.2 Å². The molecular weight excluding hydrogens is 179 g/mol. The van der Waals surface area contributed by atoms with Crippen LogP contribution in [0.2, 0.25) is 0 Å². The molecule has 0 aliphatic rings. The highest BCUT2D eigenvalue weighted by Crippen LogP contribution is 2.25. The SMILES string of the molecule is Cc1c(F)c(F)c2[nH]ccc2c1F. The normalized spacial score (nSPS) is 11.1. The fourth-order valence-corrected chi connectivity index (χ4v) is 1.31. The zero-order valence-electron chi connectivity index (χ0n) is 6.79. The van der Waals surface area contributed by atoms with Crippen molar-refractivity contribution in [1.29, 1.82) is 0 Å². The molecule has 13 heavy (non-hydrogen) atoms. The van der Waals surface area contributed by atoms with Gasteiger partial charge in [0.15, 0.2) is 11.6 Å². The molecule has 1 heterocycles. The number of H-pyrrole nitrogens is 1. The molecule has 0 spiro atoms. The minimum atomic E-state index is -1.13. The zero-order valence-corrected chi connectivity index (χ0v) is 6.79. The van der Waals surface area contributed by atoms with Crippen molar-refractivity contribution in [1.82, 2.24) is 4.98 Å². The summed E-state index contributed by atoms with van der Waals surface area (Å²) >= 11 is 0. The van der Waals surface area contributed by atoms with E-state index in [4.69, 9.17) is 0 Å². The highest BCUT2D eigenvalue weighted by atomic mass is 19.2. The average molecular weight is 185 g/mol. The Morgan fingerprint density at radius 2 is 1.77 bits per heavy atom. The molecule has 0 amide bonds. The van der Waals surface area contributed by atoms with Crippen LogP contribution in [0.4, 0.5) is 13.2 Å². The Kier molecular flexibility index (Phi) is 1.58. The van der Waals surface area contributed by atoms with Crippen molar-refractivity contribution in [3.8, 4) is 0 Å². The second kappa shape index (κ2) is 2.52. The number of fused-ring (bicyclic) bond motifs is 1. The number of aromatic amines is 1. The molecule has 0 radical (unpaired) electrons. The standard InChI is InChI=1S/C9H6F3N/c1-4-6(10)5-2-3-13-9(5)8(12)7(4)11/h2-3,13H,1H3. The van der Waals surface area contributed by atoms with Crippen LogP contribution < -0.4 is 0 Å². The summed E-state index contributed by atoms with van der Waals surface area (Å²) in [7, 11) is 0. The van der Waals surface area contributed by atoms with Gasteiger partial charge in [-0.25, -0.2) is 13.2 Å². The van der Waals surface area contributed by atoms with Crippen LogP contribution in [-0.4, -0.2) is 4.98 Å². The molecule has 1 aromatic heterocycles. The smallest absolute Gasteiger partial charge is 0.183 e. The summed E-state index contributed by atoms with van der Waals surface area (Å²) in [6.07, 6.45) is 1.37. The van der Waals surface area contributed by atoms with Gasteiger partial charge in [-0.2, -0.15) is 0 Å². The Morgan fingerprint density at radius 1 is 1.08 bits per heavy atom. The number of hydrogen-bond acceptors (Lipinski definition) is 0. The minimum absolute atomic E-state index is 0.0800.